The van der Waals surface area contributed by atoms with E-state index >= 15 is 0 Å². The molecule has 0 amide bonds. The van der Waals surface area contributed by atoms with Gasteiger partial charge in [-0.05, 0) is 43.7 Å². The van der Waals surface area contributed by atoms with Crippen LogP contribution in [0.1, 0.15) is 12.5 Å². The summed E-state index contributed by atoms with van der Waals surface area (Å²) in [7, 11) is 0. The Morgan fingerprint density at radius 3 is 2.65 bits per heavy atom. The normalized spacial score (nSPS) is 12.4. The molecule has 0 saturated heterocycles. The number of benzene rings is 2. The first-order valence-corrected chi connectivity index (χ1v) is 7.70. The monoisotopic (exact) mass is 329 g/mol. The molecule has 2 N–H and O–H groups in total. The number of nitrogens with two attached hydrogens (primary N) is 1. The number of halogens is 3. The Morgan fingerprint density at radius 2 is 1.95 bits per heavy atom. The fourth-order valence-electron chi connectivity index (χ4n) is 1.83. The Balaban J connectivity index is 2.38. The van der Waals surface area contributed by atoms with Gasteiger partial charge in [0.15, 0.2) is 0 Å². The van der Waals surface area contributed by atoms with Crippen LogP contribution in [-0.2, 0) is 6.42 Å². The average Bonchev–Trinajstić information content (AvgIpc) is 2.37. The van der Waals surface area contributed by atoms with Crippen LogP contribution in [0.4, 0.5) is 4.39 Å². The van der Waals surface area contributed by atoms with Gasteiger partial charge in [0.25, 0.3) is 0 Å². The van der Waals surface area contributed by atoms with E-state index < -0.39 is 0 Å². The van der Waals surface area contributed by atoms with Crippen molar-refractivity contribution in [1.29, 1.82) is 0 Å². The van der Waals surface area contributed by atoms with Crippen LogP contribution in [0.15, 0.2) is 46.2 Å². The van der Waals surface area contributed by atoms with Crippen LogP contribution >= 0.6 is 35.0 Å². The molecule has 1 atom stereocenters. The van der Waals surface area contributed by atoms with Crippen molar-refractivity contribution in [3.8, 4) is 0 Å². The summed E-state index contributed by atoms with van der Waals surface area (Å²) < 4.78 is 14.0. The van der Waals surface area contributed by atoms with Crippen molar-refractivity contribution in [2.24, 2.45) is 5.73 Å². The molecule has 0 bridgehead atoms. The summed E-state index contributed by atoms with van der Waals surface area (Å²) in [5, 5.41) is 1.19. The van der Waals surface area contributed by atoms with Crippen LogP contribution in [0.2, 0.25) is 10.0 Å². The van der Waals surface area contributed by atoms with Gasteiger partial charge in [-0.15, -0.1) is 0 Å². The molecule has 0 heterocycles. The molecule has 0 radical (unpaired) electrons. The van der Waals surface area contributed by atoms with Gasteiger partial charge in [-0.1, -0.05) is 41.0 Å². The highest BCUT2D eigenvalue weighted by Crippen LogP contribution is 2.37. The molecule has 1 nitrogen and oxygen atoms in total. The van der Waals surface area contributed by atoms with Crippen LogP contribution in [-0.4, -0.2) is 6.04 Å². The Morgan fingerprint density at radius 1 is 1.20 bits per heavy atom. The van der Waals surface area contributed by atoms with Crippen molar-refractivity contribution in [3.63, 3.8) is 0 Å². The molecule has 0 aliphatic heterocycles. The Hall–Kier alpha value is -0.740. The molecule has 0 fully saturated rings. The summed E-state index contributed by atoms with van der Waals surface area (Å²) in [6, 6.07) is 10.1. The molecule has 106 valence electrons. The zero-order valence-corrected chi connectivity index (χ0v) is 13.2. The largest absolute Gasteiger partial charge is 0.328 e. The summed E-state index contributed by atoms with van der Waals surface area (Å²) >= 11 is 13.5. The second-order valence-corrected chi connectivity index (χ2v) is 6.50. The lowest BCUT2D eigenvalue weighted by Crippen LogP contribution is -2.19. The SMILES string of the molecule is CC(N)Cc1c(F)cccc1Sc1cc(Cl)ccc1Cl. The quantitative estimate of drug-likeness (QED) is 0.836. The van der Waals surface area contributed by atoms with E-state index in [2.05, 4.69) is 0 Å². The standard InChI is InChI=1S/C15H14Cl2FNS/c1-9(19)7-11-13(18)3-2-4-14(11)20-15-8-10(16)5-6-12(15)17/h2-6,8-9H,7,19H2,1H3. The summed E-state index contributed by atoms with van der Waals surface area (Å²) in [5.74, 6) is -0.245. The van der Waals surface area contributed by atoms with Crippen molar-refractivity contribution in [2.45, 2.75) is 29.2 Å². The second kappa shape index (κ2) is 6.81. The van der Waals surface area contributed by atoms with Crippen LogP contribution in [0.25, 0.3) is 0 Å². The molecule has 0 saturated carbocycles. The summed E-state index contributed by atoms with van der Waals surface area (Å²) in [5.41, 5.74) is 6.40. The zero-order chi connectivity index (χ0) is 14.7. The molecule has 0 aliphatic rings. The van der Waals surface area contributed by atoms with Crippen molar-refractivity contribution in [1.82, 2.24) is 0 Å². The van der Waals surface area contributed by atoms with E-state index in [0.29, 0.717) is 22.0 Å². The van der Waals surface area contributed by atoms with Gasteiger partial charge in [-0.25, -0.2) is 4.39 Å². The smallest absolute Gasteiger partial charge is 0.127 e. The van der Waals surface area contributed by atoms with Crippen LogP contribution < -0.4 is 5.73 Å². The maximum absolute atomic E-state index is 14.0. The summed E-state index contributed by atoms with van der Waals surface area (Å²) in [6.07, 6.45) is 0.479. The van der Waals surface area contributed by atoms with Gasteiger partial charge >= 0.3 is 0 Å². The van der Waals surface area contributed by atoms with E-state index in [1.165, 1.54) is 17.8 Å². The summed E-state index contributed by atoms with van der Waals surface area (Å²) in [4.78, 5) is 1.61. The van der Waals surface area contributed by atoms with Crippen LogP contribution in [0.5, 0.6) is 0 Å². The third kappa shape index (κ3) is 3.89. The van der Waals surface area contributed by atoms with Gasteiger partial charge in [-0.2, -0.15) is 0 Å². The lowest BCUT2D eigenvalue weighted by molar-refractivity contribution is 0.588. The molecular weight excluding hydrogens is 316 g/mol. The minimum absolute atomic E-state index is 0.110. The lowest BCUT2D eigenvalue weighted by atomic mass is 10.1. The first-order chi connectivity index (χ1) is 9.47. The van der Waals surface area contributed by atoms with E-state index in [4.69, 9.17) is 28.9 Å². The van der Waals surface area contributed by atoms with E-state index in [-0.39, 0.29) is 11.9 Å². The fourth-order valence-corrected chi connectivity index (χ4v) is 3.34. The second-order valence-electron chi connectivity index (χ2n) is 4.57. The molecule has 1 unspecified atom stereocenters. The van der Waals surface area contributed by atoms with Crippen LogP contribution in [0.3, 0.4) is 0 Å². The first-order valence-electron chi connectivity index (χ1n) is 6.13. The molecule has 0 spiro atoms. The molecule has 2 aromatic rings. The third-order valence-corrected chi connectivity index (χ3v) is 4.55. The predicted octanol–water partition coefficient (Wildman–Crippen LogP) is 5.17. The van der Waals surface area contributed by atoms with Crippen molar-refractivity contribution >= 4 is 35.0 Å². The first kappa shape index (κ1) is 15.6. The predicted molar refractivity (Wildman–Crippen MR) is 84.3 cm³/mol. The number of rotatable bonds is 4. The van der Waals surface area contributed by atoms with Gasteiger partial charge in [0, 0.05) is 26.4 Å². The topological polar surface area (TPSA) is 26.0 Å². The minimum Gasteiger partial charge on any atom is -0.328 e. The maximum atomic E-state index is 14.0. The molecule has 2 rings (SSSR count). The molecule has 0 aromatic heterocycles. The van der Waals surface area contributed by atoms with Crippen molar-refractivity contribution < 1.29 is 4.39 Å². The maximum Gasteiger partial charge on any atom is 0.127 e. The molecule has 20 heavy (non-hydrogen) atoms. The van der Waals surface area contributed by atoms with E-state index in [1.807, 2.05) is 13.0 Å². The molecular formula is C15H14Cl2FNS. The zero-order valence-electron chi connectivity index (χ0n) is 10.9. The average molecular weight is 330 g/mol. The highest BCUT2D eigenvalue weighted by Gasteiger charge is 2.13. The number of hydrogen-bond donors (Lipinski definition) is 1. The van der Waals surface area contributed by atoms with Gasteiger partial charge in [0.05, 0.1) is 5.02 Å². The molecule has 5 heteroatoms. The Kier molecular flexibility index (Phi) is 5.33. The Labute approximate surface area is 132 Å². The van der Waals surface area contributed by atoms with E-state index in [0.717, 1.165) is 9.79 Å². The Bertz CT molecular complexity index is 617. The highest BCUT2D eigenvalue weighted by atomic mass is 35.5. The van der Waals surface area contributed by atoms with E-state index in [1.54, 1.807) is 24.3 Å². The fraction of sp³-hybridized carbons (Fsp3) is 0.200. The number of hydrogen-bond acceptors (Lipinski definition) is 2. The molecule has 0 aliphatic carbocycles. The highest BCUT2D eigenvalue weighted by molar-refractivity contribution is 7.99. The van der Waals surface area contributed by atoms with Gasteiger partial charge in [-0.3, -0.25) is 0 Å². The van der Waals surface area contributed by atoms with Gasteiger partial charge in [0.2, 0.25) is 0 Å². The van der Waals surface area contributed by atoms with E-state index in [9.17, 15) is 4.39 Å². The van der Waals surface area contributed by atoms with Gasteiger partial charge < -0.3 is 5.73 Å². The summed E-state index contributed by atoms with van der Waals surface area (Å²) in [6.45, 7) is 1.85. The van der Waals surface area contributed by atoms with Crippen molar-refractivity contribution in [3.05, 3.63) is 57.8 Å². The van der Waals surface area contributed by atoms with Crippen LogP contribution in [0, 0.1) is 5.82 Å². The van der Waals surface area contributed by atoms with Crippen molar-refractivity contribution in [2.75, 3.05) is 0 Å². The molecule has 2 aromatic carbocycles. The third-order valence-electron chi connectivity index (χ3n) is 2.72. The lowest BCUT2D eigenvalue weighted by Gasteiger charge is -2.13. The van der Waals surface area contributed by atoms with Gasteiger partial charge in [0.1, 0.15) is 5.82 Å². The minimum atomic E-state index is -0.245.